The van der Waals surface area contributed by atoms with Gasteiger partial charge in [0.15, 0.2) is 11.5 Å². The zero-order chi connectivity index (χ0) is 21.3. The van der Waals surface area contributed by atoms with Crippen LogP contribution < -0.4 is 24.7 Å². The molecular formula is C20H23N5O4S. The van der Waals surface area contributed by atoms with Crippen molar-refractivity contribution in [3.8, 4) is 11.5 Å². The average Bonchev–Trinajstić information content (AvgIpc) is 3.55. The number of methoxy groups -OCH3 is 2. The predicted octanol–water partition coefficient (Wildman–Crippen LogP) is 2.83. The summed E-state index contributed by atoms with van der Waals surface area (Å²) in [6, 6.07) is 10.9. The summed E-state index contributed by atoms with van der Waals surface area (Å²) in [7, 11) is -0.631. The first-order valence-corrected chi connectivity index (χ1v) is 11.0. The molecule has 3 aromatic rings. The standard InChI is InChI=1S/C20H23N5O4S/c1-28-17-9-15-16(10-18(17)29-2)22-11-23-20(15)24-19(12-3-4-12)13-5-7-14(8-6-13)25-30(21,26)27/h5-12,19,25H,3-4H2,1-2H3,(H2,21,26,27)(H,22,23,24). The smallest absolute Gasteiger partial charge is 0.296 e. The highest BCUT2D eigenvalue weighted by molar-refractivity contribution is 7.90. The Hall–Kier alpha value is -3.11. The fraction of sp³-hybridized carbons (Fsp3) is 0.300. The summed E-state index contributed by atoms with van der Waals surface area (Å²) in [5.74, 6) is 2.37. The van der Waals surface area contributed by atoms with Crippen LogP contribution in [-0.2, 0) is 10.2 Å². The van der Waals surface area contributed by atoms with Gasteiger partial charge in [0.1, 0.15) is 12.1 Å². The molecule has 1 unspecified atom stereocenters. The lowest BCUT2D eigenvalue weighted by Gasteiger charge is -2.21. The number of hydrogen-bond acceptors (Lipinski definition) is 7. The van der Waals surface area contributed by atoms with E-state index in [1.807, 2.05) is 24.3 Å². The molecule has 0 aliphatic heterocycles. The number of anilines is 2. The second-order valence-electron chi connectivity index (χ2n) is 7.18. The van der Waals surface area contributed by atoms with Gasteiger partial charge in [0.2, 0.25) is 0 Å². The summed E-state index contributed by atoms with van der Waals surface area (Å²) in [5.41, 5.74) is 2.19. The number of nitrogens with one attached hydrogen (secondary N) is 2. The lowest BCUT2D eigenvalue weighted by molar-refractivity contribution is 0.356. The highest BCUT2D eigenvalue weighted by Crippen LogP contribution is 2.44. The third-order valence-corrected chi connectivity index (χ3v) is 5.58. The topological polar surface area (TPSA) is 128 Å². The van der Waals surface area contributed by atoms with Crippen LogP contribution in [0.3, 0.4) is 0 Å². The van der Waals surface area contributed by atoms with E-state index in [1.54, 1.807) is 26.4 Å². The van der Waals surface area contributed by atoms with Gasteiger partial charge in [-0.15, -0.1) is 0 Å². The Kier molecular flexibility index (Phi) is 5.35. The molecule has 1 heterocycles. The maximum absolute atomic E-state index is 11.2. The SMILES string of the molecule is COc1cc2ncnc(NC(c3ccc(NS(N)(=O)=O)cc3)C3CC3)c2cc1OC. The normalized spacial score (nSPS) is 14.9. The number of rotatable bonds is 8. The maximum atomic E-state index is 11.2. The fourth-order valence-electron chi connectivity index (χ4n) is 3.47. The van der Waals surface area contributed by atoms with Crippen LogP contribution in [0, 0.1) is 5.92 Å². The van der Waals surface area contributed by atoms with Crippen LogP contribution in [0.4, 0.5) is 11.5 Å². The van der Waals surface area contributed by atoms with E-state index >= 15 is 0 Å². The summed E-state index contributed by atoms with van der Waals surface area (Å²) >= 11 is 0. The van der Waals surface area contributed by atoms with Crippen molar-refractivity contribution < 1.29 is 17.9 Å². The largest absolute Gasteiger partial charge is 0.493 e. The second kappa shape index (κ2) is 7.96. The minimum atomic E-state index is -3.80. The molecule has 10 heteroatoms. The van der Waals surface area contributed by atoms with Gasteiger partial charge in [-0.3, -0.25) is 4.72 Å². The van der Waals surface area contributed by atoms with Crippen molar-refractivity contribution in [2.75, 3.05) is 24.3 Å². The number of aromatic nitrogens is 2. The number of benzene rings is 2. The summed E-state index contributed by atoms with van der Waals surface area (Å²) < 4.78 is 35.5. The minimum absolute atomic E-state index is 0.0275. The van der Waals surface area contributed by atoms with E-state index in [0.29, 0.717) is 28.9 Å². The molecule has 0 spiro atoms. The Morgan fingerprint density at radius 2 is 1.73 bits per heavy atom. The van der Waals surface area contributed by atoms with E-state index in [-0.39, 0.29) is 6.04 Å². The van der Waals surface area contributed by atoms with Gasteiger partial charge in [-0.2, -0.15) is 8.42 Å². The van der Waals surface area contributed by atoms with Crippen LogP contribution in [0.5, 0.6) is 11.5 Å². The molecule has 0 bridgehead atoms. The van der Waals surface area contributed by atoms with E-state index in [9.17, 15) is 8.42 Å². The van der Waals surface area contributed by atoms with Gasteiger partial charge in [-0.05, 0) is 42.5 Å². The Balaban J connectivity index is 1.66. The van der Waals surface area contributed by atoms with E-state index < -0.39 is 10.2 Å². The van der Waals surface area contributed by atoms with Gasteiger partial charge in [-0.1, -0.05) is 12.1 Å². The summed E-state index contributed by atoms with van der Waals surface area (Å²) in [6.07, 6.45) is 3.73. The quantitative estimate of drug-likeness (QED) is 0.502. The second-order valence-corrected chi connectivity index (χ2v) is 8.47. The van der Waals surface area contributed by atoms with E-state index in [2.05, 4.69) is 20.0 Å². The first-order chi connectivity index (χ1) is 14.4. The van der Waals surface area contributed by atoms with Crippen LogP contribution in [0.25, 0.3) is 10.9 Å². The van der Waals surface area contributed by atoms with Gasteiger partial charge in [0.25, 0.3) is 10.2 Å². The number of ether oxygens (including phenoxy) is 2. The monoisotopic (exact) mass is 429 g/mol. The first kappa shape index (κ1) is 20.2. The molecule has 4 rings (SSSR count). The molecule has 2 aromatic carbocycles. The number of nitrogens with two attached hydrogens (primary N) is 1. The molecule has 1 saturated carbocycles. The lowest BCUT2D eigenvalue weighted by atomic mass is 10.0. The molecule has 1 aromatic heterocycles. The van der Waals surface area contributed by atoms with Crippen LogP contribution >= 0.6 is 0 Å². The Labute approximate surface area is 174 Å². The summed E-state index contributed by atoms with van der Waals surface area (Å²) in [6.45, 7) is 0. The maximum Gasteiger partial charge on any atom is 0.296 e. The van der Waals surface area contributed by atoms with Gasteiger partial charge in [0.05, 0.1) is 25.8 Å². The van der Waals surface area contributed by atoms with Crippen molar-refractivity contribution in [3.63, 3.8) is 0 Å². The van der Waals surface area contributed by atoms with Gasteiger partial charge in [-0.25, -0.2) is 15.1 Å². The molecule has 1 aliphatic carbocycles. The third kappa shape index (κ3) is 4.39. The highest BCUT2D eigenvalue weighted by atomic mass is 32.2. The van der Waals surface area contributed by atoms with Gasteiger partial charge >= 0.3 is 0 Å². The Bertz CT molecular complexity index is 1160. The molecule has 1 atom stereocenters. The molecule has 30 heavy (non-hydrogen) atoms. The van der Waals surface area contributed by atoms with Crippen LogP contribution in [0.15, 0.2) is 42.7 Å². The Morgan fingerprint density at radius 3 is 2.33 bits per heavy atom. The van der Waals surface area contributed by atoms with Gasteiger partial charge < -0.3 is 14.8 Å². The number of hydrogen-bond donors (Lipinski definition) is 3. The van der Waals surface area contributed by atoms with Crippen molar-refractivity contribution in [1.82, 2.24) is 9.97 Å². The van der Waals surface area contributed by atoms with Crippen molar-refractivity contribution in [3.05, 3.63) is 48.3 Å². The zero-order valence-electron chi connectivity index (χ0n) is 16.6. The summed E-state index contributed by atoms with van der Waals surface area (Å²) in [4.78, 5) is 8.80. The average molecular weight is 430 g/mol. The minimum Gasteiger partial charge on any atom is -0.493 e. The van der Waals surface area contributed by atoms with E-state index in [0.717, 1.165) is 29.3 Å². The first-order valence-electron chi connectivity index (χ1n) is 9.41. The number of fused-ring (bicyclic) bond motifs is 1. The Morgan fingerprint density at radius 1 is 1.07 bits per heavy atom. The van der Waals surface area contributed by atoms with E-state index in [1.165, 1.54) is 6.33 Å². The van der Waals surface area contributed by atoms with Gasteiger partial charge in [0, 0.05) is 17.1 Å². The van der Waals surface area contributed by atoms with Crippen molar-refractivity contribution >= 4 is 32.6 Å². The molecule has 1 fully saturated rings. The predicted molar refractivity (Wildman–Crippen MR) is 115 cm³/mol. The fourth-order valence-corrected chi connectivity index (χ4v) is 3.94. The molecule has 4 N–H and O–H groups in total. The van der Waals surface area contributed by atoms with Crippen LogP contribution in [-0.4, -0.2) is 32.6 Å². The molecular weight excluding hydrogens is 406 g/mol. The molecule has 0 radical (unpaired) electrons. The van der Waals surface area contributed by atoms with Crippen LogP contribution in [0.2, 0.25) is 0 Å². The lowest BCUT2D eigenvalue weighted by Crippen LogP contribution is -2.21. The van der Waals surface area contributed by atoms with Crippen molar-refractivity contribution in [1.29, 1.82) is 0 Å². The zero-order valence-corrected chi connectivity index (χ0v) is 17.4. The van der Waals surface area contributed by atoms with Crippen molar-refractivity contribution in [2.24, 2.45) is 11.1 Å². The number of nitrogens with zero attached hydrogens (tertiary/aromatic N) is 2. The summed E-state index contributed by atoms with van der Waals surface area (Å²) in [5, 5.41) is 9.41. The third-order valence-electron chi connectivity index (χ3n) is 5.06. The van der Waals surface area contributed by atoms with Crippen LogP contribution in [0.1, 0.15) is 24.4 Å². The molecule has 0 amide bonds. The molecule has 9 nitrogen and oxygen atoms in total. The molecule has 0 saturated heterocycles. The van der Waals surface area contributed by atoms with E-state index in [4.69, 9.17) is 14.6 Å². The molecule has 1 aliphatic rings. The molecule has 158 valence electrons. The van der Waals surface area contributed by atoms with Crippen molar-refractivity contribution in [2.45, 2.75) is 18.9 Å². The highest BCUT2D eigenvalue weighted by Gasteiger charge is 2.33.